The molecule has 0 spiro atoms. The maximum atomic E-state index is 5.65. The van der Waals surface area contributed by atoms with Crippen LogP contribution < -0.4 is 0 Å². The number of unbranched alkanes of at least 4 members (excludes halogenated alkanes) is 3. The van der Waals surface area contributed by atoms with Crippen molar-refractivity contribution in [2.75, 3.05) is 0 Å². The fraction of sp³-hybridized carbons (Fsp3) is 1.00. The van der Waals surface area contributed by atoms with Crippen molar-refractivity contribution < 1.29 is 4.43 Å². The van der Waals surface area contributed by atoms with Crippen molar-refractivity contribution in [3.8, 4) is 0 Å². The summed E-state index contributed by atoms with van der Waals surface area (Å²) in [7, 11) is -0.423. The van der Waals surface area contributed by atoms with Crippen LogP contribution in [0.2, 0.25) is 25.4 Å². The van der Waals surface area contributed by atoms with E-state index in [1.54, 1.807) is 13.3 Å². The van der Waals surface area contributed by atoms with Crippen LogP contribution in [0.5, 0.6) is 0 Å². The van der Waals surface area contributed by atoms with Gasteiger partial charge in [-0.1, -0.05) is 13.8 Å². The first-order chi connectivity index (χ1) is 10.5. The summed E-state index contributed by atoms with van der Waals surface area (Å²) in [5, 5.41) is 0. The molecule has 0 aliphatic rings. The van der Waals surface area contributed by atoms with Crippen molar-refractivity contribution in [2.45, 2.75) is 118 Å². The van der Waals surface area contributed by atoms with Gasteiger partial charge in [0.05, 0.1) is 0 Å². The van der Waals surface area contributed by atoms with E-state index in [-0.39, 0.29) is 0 Å². The Hall–Kier alpha value is 0.976. The summed E-state index contributed by atoms with van der Waals surface area (Å²) in [4.78, 5) is 0. The molecule has 134 valence electrons. The molecule has 0 aromatic heterocycles. The van der Waals surface area contributed by atoms with Gasteiger partial charge in [0.2, 0.25) is 9.04 Å². The molecule has 3 heteroatoms. The molecule has 0 fully saturated rings. The van der Waals surface area contributed by atoms with Gasteiger partial charge in [-0.25, -0.2) is 0 Å². The minimum Gasteiger partial charge on any atom is -0.414 e. The molecule has 0 saturated heterocycles. The second-order valence-corrected chi connectivity index (χ2v) is 17.8. The average Bonchev–Trinajstić information content (AvgIpc) is 2.52. The van der Waals surface area contributed by atoms with Gasteiger partial charge in [0, 0.05) is 6.10 Å². The summed E-state index contributed by atoms with van der Waals surface area (Å²) in [5.74, 6) is 0. The van der Waals surface area contributed by atoms with Gasteiger partial charge in [-0.2, -0.15) is 0 Å². The first-order valence-corrected chi connectivity index (χ1v) is 17.8. The Balaban J connectivity index is 0. The first kappa shape index (κ1) is 25.2. The summed E-state index contributed by atoms with van der Waals surface area (Å²) in [6.45, 7) is 15.6. The van der Waals surface area contributed by atoms with Gasteiger partial charge in [0.1, 0.15) is 0 Å². The van der Waals surface area contributed by atoms with Crippen molar-refractivity contribution in [1.29, 1.82) is 0 Å². The fourth-order valence-electron chi connectivity index (χ4n) is 2.41. The third-order valence-corrected chi connectivity index (χ3v) is 15.3. The van der Waals surface area contributed by atoms with E-state index >= 15 is 0 Å². The molecule has 0 aromatic carbocycles. The van der Waals surface area contributed by atoms with Crippen LogP contribution in [0.25, 0.3) is 0 Å². The van der Waals surface area contributed by atoms with Crippen molar-refractivity contribution in [1.82, 2.24) is 0 Å². The van der Waals surface area contributed by atoms with Crippen LogP contribution in [0.1, 0.15) is 87.0 Å². The van der Waals surface area contributed by atoms with Gasteiger partial charge in [0.25, 0.3) is 0 Å². The molecule has 0 N–H and O–H groups in total. The topological polar surface area (TPSA) is 9.23 Å². The molecule has 0 bridgehead atoms. The Kier molecular flexibility index (Phi) is 23.0. The quantitative estimate of drug-likeness (QED) is 0.275. The van der Waals surface area contributed by atoms with E-state index in [0.29, 0.717) is 6.10 Å². The van der Waals surface area contributed by atoms with Crippen molar-refractivity contribution >= 4 is 28.8 Å². The minimum absolute atomic E-state index is 0.423. The van der Waals surface area contributed by atoms with Gasteiger partial charge in [-0.05, 0) is 25.9 Å². The molecule has 0 unspecified atom stereocenters. The monoisotopic (exact) mass is 436 g/mol. The summed E-state index contributed by atoms with van der Waals surface area (Å²) in [5.41, 5.74) is 0. The molecule has 1 nitrogen and oxygen atoms in total. The van der Waals surface area contributed by atoms with Crippen molar-refractivity contribution in [3.63, 3.8) is 0 Å². The van der Waals surface area contributed by atoms with Crippen molar-refractivity contribution in [3.05, 3.63) is 0 Å². The molecule has 0 atom stereocenters. The summed E-state index contributed by atoms with van der Waals surface area (Å²) >= 11 is -0.839. The zero-order valence-corrected chi connectivity index (χ0v) is 20.6. The number of hydrogen-bond acceptors (Lipinski definition) is 1. The second kappa shape index (κ2) is 20.0. The molecule has 0 amide bonds. The molecule has 0 aliphatic heterocycles. The van der Waals surface area contributed by atoms with Gasteiger partial charge in [0.15, 0.2) is 0 Å². The normalized spacial score (nSPS) is 11.2. The molecule has 22 heavy (non-hydrogen) atoms. The Bertz CT molecular complexity index is 177. The van der Waals surface area contributed by atoms with Crippen LogP contribution in [0, 0.1) is 0 Å². The van der Waals surface area contributed by atoms with Gasteiger partial charge < -0.3 is 4.43 Å². The predicted octanol–water partition coefficient (Wildman–Crippen LogP) is 7.32. The Labute approximate surface area is 151 Å². The van der Waals surface area contributed by atoms with Gasteiger partial charge in [-0.3, -0.25) is 0 Å². The molecular formula is C19H44OSiSn. The smallest absolute Gasteiger partial charge is 0.211 e. The van der Waals surface area contributed by atoms with Crippen LogP contribution in [-0.4, -0.2) is 34.9 Å². The Morgan fingerprint density at radius 3 is 1.27 bits per heavy atom. The molecule has 0 aromatic rings. The third-order valence-electron chi connectivity index (χ3n) is 3.84. The maximum absolute atomic E-state index is 5.65. The first-order valence-electron chi connectivity index (χ1n) is 9.90. The van der Waals surface area contributed by atoms with E-state index in [9.17, 15) is 0 Å². The minimum atomic E-state index is -0.839. The number of hydrogen-bond donors (Lipinski definition) is 0. The second-order valence-electron chi connectivity index (χ2n) is 6.47. The van der Waals surface area contributed by atoms with Crippen LogP contribution in [0.4, 0.5) is 0 Å². The summed E-state index contributed by atoms with van der Waals surface area (Å²) in [6, 6.07) is 2.47. The van der Waals surface area contributed by atoms with E-state index in [1.807, 2.05) is 0 Å². The molecule has 2 radical (unpaired) electrons. The molecule has 0 rings (SSSR count). The van der Waals surface area contributed by atoms with E-state index in [2.05, 4.69) is 48.5 Å². The summed E-state index contributed by atoms with van der Waals surface area (Å²) in [6.07, 6.45) is 9.28. The average molecular weight is 435 g/mol. The summed E-state index contributed by atoms with van der Waals surface area (Å²) < 4.78 is 10.7. The standard InChI is InChI=1S/C7H17OSi.3C4H9.Sn/c1-5-9(6-2)8-7(3)4;3*1-3-4-2;/h7H,5-6H2,1-4H3;3*1,3-4H2,2H3;. The van der Waals surface area contributed by atoms with Crippen molar-refractivity contribution in [2.24, 2.45) is 0 Å². The molecule has 0 saturated carbocycles. The van der Waals surface area contributed by atoms with Gasteiger partial charge >= 0.3 is 92.4 Å². The molecular weight excluding hydrogens is 391 g/mol. The Morgan fingerprint density at radius 2 is 1.09 bits per heavy atom. The zero-order valence-electron chi connectivity index (χ0n) is 16.8. The van der Waals surface area contributed by atoms with Gasteiger partial charge in [-0.15, -0.1) is 0 Å². The van der Waals surface area contributed by atoms with E-state index in [4.69, 9.17) is 4.43 Å². The van der Waals surface area contributed by atoms with E-state index < -0.39 is 28.8 Å². The van der Waals surface area contributed by atoms with Crippen LogP contribution in [0.3, 0.4) is 0 Å². The molecule has 0 heterocycles. The zero-order chi connectivity index (χ0) is 17.2. The van der Waals surface area contributed by atoms with E-state index in [1.165, 1.54) is 50.6 Å². The fourth-order valence-corrected chi connectivity index (χ4v) is 13.4. The molecule has 0 aliphatic carbocycles. The predicted molar refractivity (Wildman–Crippen MR) is 108 cm³/mol. The SMILES string of the molecule is CCC[CH2][Sn]([CH2]CCC)[CH2]CCC.CC[Si](CC)OC(C)C. The Morgan fingerprint density at radius 1 is 0.727 bits per heavy atom. The van der Waals surface area contributed by atoms with Crippen LogP contribution in [0.15, 0.2) is 0 Å². The van der Waals surface area contributed by atoms with Crippen LogP contribution >= 0.6 is 0 Å². The maximum Gasteiger partial charge on any atom is 0.211 e. The third kappa shape index (κ3) is 19.0. The van der Waals surface area contributed by atoms with E-state index in [0.717, 1.165) is 0 Å². The largest absolute Gasteiger partial charge is 0.414 e. The van der Waals surface area contributed by atoms with Crippen LogP contribution in [-0.2, 0) is 4.43 Å². The number of rotatable bonds is 13.